The van der Waals surface area contributed by atoms with Gasteiger partial charge in [-0.3, -0.25) is 9.69 Å². The Kier molecular flexibility index (Phi) is 10.0. The number of halogens is 1. The molecule has 4 aromatic rings. The van der Waals surface area contributed by atoms with Crippen molar-refractivity contribution in [3.05, 3.63) is 83.9 Å². The van der Waals surface area contributed by atoms with Crippen LogP contribution >= 0.6 is 23.7 Å². The Morgan fingerprint density at radius 3 is 2.24 bits per heavy atom. The molecule has 3 aromatic carbocycles. The van der Waals surface area contributed by atoms with E-state index in [1.165, 1.54) is 57.6 Å². The smallest absolute Gasteiger partial charge is 0.217 e. The van der Waals surface area contributed by atoms with Crippen LogP contribution < -0.4 is 15.2 Å². The molecule has 0 atom stereocenters. The number of ether oxygens (including phenoxy) is 2. The summed E-state index contributed by atoms with van der Waals surface area (Å²) < 4.78 is 13.1. The summed E-state index contributed by atoms with van der Waals surface area (Å²) in [5, 5.41) is 1.31. The van der Waals surface area contributed by atoms with Gasteiger partial charge in [0.25, 0.3) is 0 Å². The number of primary amides is 1. The molecule has 0 aliphatic carbocycles. The second kappa shape index (κ2) is 13.7. The topological polar surface area (TPSA) is 64.8 Å². The quantitative estimate of drug-likeness (QED) is 0.199. The van der Waals surface area contributed by atoms with Crippen molar-refractivity contribution in [2.24, 2.45) is 5.73 Å². The van der Waals surface area contributed by atoms with Gasteiger partial charge in [0.05, 0.1) is 6.61 Å². The average molecular weight is 551 g/mol. The number of amides is 1. The molecule has 5 nitrogen and oxygen atoms in total. The number of hydrogen-bond acceptors (Lipinski definition) is 5. The molecule has 1 fully saturated rings. The minimum absolute atomic E-state index is 0. The van der Waals surface area contributed by atoms with Crippen molar-refractivity contribution in [1.29, 1.82) is 0 Å². The van der Waals surface area contributed by atoms with Gasteiger partial charge < -0.3 is 15.2 Å². The standard InChI is InChI=1S/C31H34N2O3S.ClH/c32-30(34)8-5-20-35-26-15-11-24(12-16-26)31-28(27-6-1-2-7-29(27)37-31)22-23-9-13-25(14-10-23)36-21-19-33-17-3-4-18-33;/h1-2,6-7,9-16H,3-5,8,17-22H2,(H2,32,34);1H. The van der Waals surface area contributed by atoms with Crippen molar-refractivity contribution < 1.29 is 14.3 Å². The maximum absolute atomic E-state index is 10.9. The highest BCUT2D eigenvalue weighted by Crippen LogP contribution is 2.40. The number of rotatable bonds is 12. The number of likely N-dealkylation sites (tertiary alicyclic amines) is 1. The number of nitrogens with two attached hydrogens (primary N) is 1. The van der Waals surface area contributed by atoms with Crippen molar-refractivity contribution in [3.63, 3.8) is 0 Å². The van der Waals surface area contributed by atoms with Gasteiger partial charge in [-0.1, -0.05) is 30.3 Å². The number of carbonyl (C=O) groups is 1. The van der Waals surface area contributed by atoms with Crippen LogP contribution in [0.1, 0.15) is 36.8 Å². The number of nitrogens with zero attached hydrogens (tertiary/aromatic N) is 1. The molecule has 2 N–H and O–H groups in total. The molecule has 0 spiro atoms. The largest absolute Gasteiger partial charge is 0.494 e. The van der Waals surface area contributed by atoms with E-state index >= 15 is 0 Å². The molecule has 0 bridgehead atoms. The highest BCUT2D eigenvalue weighted by molar-refractivity contribution is 7.22. The monoisotopic (exact) mass is 550 g/mol. The fraction of sp³-hybridized carbons (Fsp3) is 0.323. The molecular weight excluding hydrogens is 516 g/mol. The van der Waals surface area contributed by atoms with Crippen LogP contribution in [-0.2, 0) is 11.2 Å². The Bertz CT molecular complexity index is 1320. The molecule has 1 aliphatic rings. The minimum atomic E-state index is -0.295. The summed E-state index contributed by atoms with van der Waals surface area (Å²) in [5.74, 6) is 1.44. The molecule has 0 radical (unpaired) electrons. The van der Waals surface area contributed by atoms with Crippen molar-refractivity contribution in [2.75, 3.05) is 32.8 Å². The van der Waals surface area contributed by atoms with Crippen LogP contribution in [0.25, 0.3) is 20.5 Å². The van der Waals surface area contributed by atoms with Crippen LogP contribution in [0, 0.1) is 0 Å². The lowest BCUT2D eigenvalue weighted by Crippen LogP contribution is -2.25. The fourth-order valence-corrected chi connectivity index (χ4v) is 6.08. The van der Waals surface area contributed by atoms with E-state index in [9.17, 15) is 4.79 Å². The zero-order chi connectivity index (χ0) is 25.5. The highest BCUT2D eigenvalue weighted by atomic mass is 35.5. The van der Waals surface area contributed by atoms with Gasteiger partial charge in [-0.15, -0.1) is 23.7 Å². The number of hydrogen-bond donors (Lipinski definition) is 1. The first-order valence-electron chi connectivity index (χ1n) is 13.1. The third-order valence-electron chi connectivity index (χ3n) is 6.83. The third-order valence-corrected chi connectivity index (χ3v) is 8.09. The number of fused-ring (bicyclic) bond motifs is 1. The molecule has 1 amide bonds. The summed E-state index contributed by atoms with van der Waals surface area (Å²) in [6, 6.07) is 25.4. The number of thiophene rings is 1. The molecule has 200 valence electrons. The molecular formula is C31H35ClN2O3S. The summed E-state index contributed by atoms with van der Waals surface area (Å²) in [6.07, 6.45) is 4.45. The molecule has 2 heterocycles. The van der Waals surface area contributed by atoms with Gasteiger partial charge >= 0.3 is 0 Å². The molecule has 0 saturated carbocycles. The SMILES string of the molecule is Cl.NC(=O)CCCOc1ccc(-c2sc3ccccc3c2Cc2ccc(OCCN3CCCC3)cc2)cc1. The molecule has 1 aliphatic heterocycles. The van der Waals surface area contributed by atoms with Gasteiger partial charge in [0.2, 0.25) is 5.91 Å². The third kappa shape index (κ3) is 7.28. The lowest BCUT2D eigenvalue weighted by atomic mass is 9.99. The van der Waals surface area contributed by atoms with E-state index in [-0.39, 0.29) is 18.3 Å². The van der Waals surface area contributed by atoms with Crippen LogP contribution in [0.2, 0.25) is 0 Å². The first-order chi connectivity index (χ1) is 18.2. The van der Waals surface area contributed by atoms with E-state index in [0.717, 1.165) is 31.1 Å². The number of benzene rings is 3. The molecule has 1 aromatic heterocycles. The fourth-order valence-electron chi connectivity index (χ4n) is 4.85. The first kappa shape index (κ1) is 28.0. The maximum atomic E-state index is 10.9. The zero-order valence-corrected chi connectivity index (χ0v) is 23.2. The van der Waals surface area contributed by atoms with Crippen LogP contribution in [0.15, 0.2) is 72.8 Å². The Morgan fingerprint density at radius 2 is 1.53 bits per heavy atom. The second-order valence-corrected chi connectivity index (χ2v) is 10.6. The van der Waals surface area contributed by atoms with Gasteiger partial charge in [-0.05, 0) is 103 Å². The zero-order valence-electron chi connectivity index (χ0n) is 21.6. The van der Waals surface area contributed by atoms with Gasteiger partial charge in [0.15, 0.2) is 0 Å². The van der Waals surface area contributed by atoms with E-state index in [1.807, 2.05) is 23.5 Å². The van der Waals surface area contributed by atoms with Crippen molar-refractivity contribution in [1.82, 2.24) is 4.90 Å². The summed E-state index contributed by atoms with van der Waals surface area (Å²) in [6.45, 7) is 4.62. The van der Waals surface area contributed by atoms with Crippen LogP contribution in [0.3, 0.4) is 0 Å². The van der Waals surface area contributed by atoms with Crippen molar-refractivity contribution >= 4 is 39.7 Å². The normalized spacial score (nSPS) is 13.4. The first-order valence-corrected chi connectivity index (χ1v) is 13.9. The predicted molar refractivity (Wildman–Crippen MR) is 159 cm³/mol. The van der Waals surface area contributed by atoms with Gasteiger partial charge in [-0.25, -0.2) is 0 Å². The molecule has 0 unspecified atom stereocenters. The Hall–Kier alpha value is -3.06. The van der Waals surface area contributed by atoms with E-state index in [1.54, 1.807) is 0 Å². The Labute approximate surface area is 235 Å². The van der Waals surface area contributed by atoms with Gasteiger partial charge in [0, 0.05) is 22.5 Å². The molecule has 38 heavy (non-hydrogen) atoms. The summed E-state index contributed by atoms with van der Waals surface area (Å²) in [7, 11) is 0. The van der Waals surface area contributed by atoms with Crippen LogP contribution in [0.4, 0.5) is 0 Å². The van der Waals surface area contributed by atoms with Crippen molar-refractivity contribution in [3.8, 4) is 21.9 Å². The summed E-state index contributed by atoms with van der Waals surface area (Å²) in [5.41, 5.74) is 9.00. The highest BCUT2D eigenvalue weighted by Gasteiger charge is 2.15. The molecule has 5 rings (SSSR count). The summed E-state index contributed by atoms with van der Waals surface area (Å²) >= 11 is 1.83. The lowest BCUT2D eigenvalue weighted by molar-refractivity contribution is -0.118. The van der Waals surface area contributed by atoms with E-state index < -0.39 is 0 Å². The van der Waals surface area contributed by atoms with E-state index in [4.69, 9.17) is 15.2 Å². The van der Waals surface area contributed by atoms with E-state index in [0.29, 0.717) is 19.4 Å². The number of carbonyl (C=O) groups excluding carboxylic acids is 1. The second-order valence-electron chi connectivity index (χ2n) is 9.57. The predicted octanol–water partition coefficient (Wildman–Crippen LogP) is 6.70. The Balaban J connectivity index is 0.00000336. The van der Waals surface area contributed by atoms with Crippen LogP contribution in [-0.4, -0.2) is 43.7 Å². The van der Waals surface area contributed by atoms with Crippen molar-refractivity contribution in [2.45, 2.75) is 32.1 Å². The van der Waals surface area contributed by atoms with Crippen LogP contribution in [0.5, 0.6) is 11.5 Å². The molecule has 1 saturated heterocycles. The van der Waals surface area contributed by atoms with E-state index in [2.05, 4.69) is 65.6 Å². The lowest BCUT2D eigenvalue weighted by Gasteiger charge is -2.15. The maximum Gasteiger partial charge on any atom is 0.217 e. The molecule has 7 heteroatoms. The van der Waals surface area contributed by atoms with Gasteiger partial charge in [0.1, 0.15) is 18.1 Å². The average Bonchev–Trinajstić information content (AvgIpc) is 3.56. The van der Waals surface area contributed by atoms with Gasteiger partial charge in [-0.2, -0.15) is 0 Å². The Morgan fingerprint density at radius 1 is 0.868 bits per heavy atom. The minimum Gasteiger partial charge on any atom is -0.494 e. The summed E-state index contributed by atoms with van der Waals surface area (Å²) in [4.78, 5) is 14.7.